The molecule has 86 valence electrons. The zero-order valence-electron chi connectivity index (χ0n) is 9.00. The third-order valence-electron chi connectivity index (χ3n) is 3.45. The predicted octanol–water partition coefficient (Wildman–Crippen LogP) is -0.521. The Morgan fingerprint density at radius 2 is 2.07 bits per heavy atom. The molecule has 0 unspecified atom stereocenters. The van der Waals surface area contributed by atoms with Crippen LogP contribution in [0.25, 0.3) is 0 Å². The number of carbonyl (C=O) groups is 1. The van der Waals surface area contributed by atoms with Gasteiger partial charge in [-0.15, -0.1) is 0 Å². The predicted molar refractivity (Wildman–Crippen MR) is 55.9 cm³/mol. The summed E-state index contributed by atoms with van der Waals surface area (Å²) in [5, 5.41) is 1.93. The molecule has 5 nitrogen and oxygen atoms in total. The highest BCUT2D eigenvalue weighted by Crippen LogP contribution is 2.40. The van der Waals surface area contributed by atoms with Crippen molar-refractivity contribution < 1.29 is 9.53 Å². The SMILES string of the molecule is NCC1(C(=O)NN2CCOCC2)CCC1. The average molecular weight is 213 g/mol. The number of ether oxygens (including phenoxy) is 1. The third-order valence-corrected chi connectivity index (χ3v) is 3.45. The first kappa shape index (κ1) is 10.9. The lowest BCUT2D eigenvalue weighted by atomic mass is 9.68. The van der Waals surface area contributed by atoms with E-state index in [1.54, 1.807) is 0 Å². The molecule has 15 heavy (non-hydrogen) atoms. The summed E-state index contributed by atoms with van der Waals surface area (Å²) in [6.07, 6.45) is 2.98. The molecular formula is C10H19N3O2. The fourth-order valence-corrected chi connectivity index (χ4v) is 2.06. The summed E-state index contributed by atoms with van der Waals surface area (Å²) < 4.78 is 5.22. The lowest BCUT2D eigenvalue weighted by Gasteiger charge is -2.41. The van der Waals surface area contributed by atoms with E-state index in [-0.39, 0.29) is 11.3 Å². The zero-order valence-corrected chi connectivity index (χ0v) is 9.00. The number of carbonyl (C=O) groups excluding carboxylic acids is 1. The van der Waals surface area contributed by atoms with Crippen LogP contribution in [-0.2, 0) is 9.53 Å². The summed E-state index contributed by atoms with van der Waals surface area (Å²) in [7, 11) is 0. The molecule has 1 aliphatic heterocycles. The molecule has 0 spiro atoms. The molecule has 1 saturated heterocycles. The largest absolute Gasteiger partial charge is 0.379 e. The maximum atomic E-state index is 12.0. The van der Waals surface area contributed by atoms with Gasteiger partial charge in [-0.25, -0.2) is 5.01 Å². The van der Waals surface area contributed by atoms with Gasteiger partial charge in [0, 0.05) is 19.6 Å². The molecule has 2 aliphatic rings. The van der Waals surface area contributed by atoms with Gasteiger partial charge in [0.25, 0.3) is 0 Å². The number of nitrogens with zero attached hydrogens (tertiary/aromatic N) is 1. The molecule has 1 aliphatic carbocycles. The molecule has 1 heterocycles. The number of nitrogens with one attached hydrogen (secondary N) is 1. The Morgan fingerprint density at radius 3 is 2.53 bits per heavy atom. The van der Waals surface area contributed by atoms with Crippen molar-refractivity contribution in [2.45, 2.75) is 19.3 Å². The van der Waals surface area contributed by atoms with Gasteiger partial charge < -0.3 is 10.5 Å². The summed E-state index contributed by atoms with van der Waals surface area (Å²) in [4.78, 5) is 12.0. The van der Waals surface area contributed by atoms with E-state index in [2.05, 4.69) is 5.43 Å². The third kappa shape index (κ3) is 2.14. The Labute approximate surface area is 89.9 Å². The second-order valence-corrected chi connectivity index (χ2v) is 4.38. The number of rotatable bonds is 3. The highest BCUT2D eigenvalue weighted by atomic mass is 16.5. The van der Waals surface area contributed by atoms with Crippen LogP contribution in [0.2, 0.25) is 0 Å². The van der Waals surface area contributed by atoms with E-state index in [9.17, 15) is 4.79 Å². The van der Waals surface area contributed by atoms with E-state index >= 15 is 0 Å². The fraction of sp³-hybridized carbons (Fsp3) is 0.900. The lowest BCUT2D eigenvalue weighted by Crippen LogP contribution is -2.57. The average Bonchev–Trinajstić information content (AvgIpc) is 2.18. The number of morpholine rings is 1. The van der Waals surface area contributed by atoms with Crippen LogP contribution in [0.4, 0.5) is 0 Å². The zero-order chi connectivity index (χ0) is 10.7. The van der Waals surface area contributed by atoms with Gasteiger partial charge in [0.15, 0.2) is 0 Å². The van der Waals surface area contributed by atoms with Gasteiger partial charge in [0.1, 0.15) is 0 Å². The molecule has 0 bridgehead atoms. The number of hydrazine groups is 1. The van der Waals surface area contributed by atoms with Gasteiger partial charge in [-0.05, 0) is 12.8 Å². The van der Waals surface area contributed by atoms with Crippen LogP contribution in [0.15, 0.2) is 0 Å². The van der Waals surface area contributed by atoms with Gasteiger partial charge in [-0.3, -0.25) is 10.2 Å². The van der Waals surface area contributed by atoms with Crippen molar-refractivity contribution in [2.24, 2.45) is 11.1 Å². The van der Waals surface area contributed by atoms with Crippen molar-refractivity contribution in [3.05, 3.63) is 0 Å². The fourth-order valence-electron chi connectivity index (χ4n) is 2.06. The molecule has 0 radical (unpaired) electrons. The summed E-state index contributed by atoms with van der Waals surface area (Å²) in [5.74, 6) is 0.0955. The quantitative estimate of drug-likeness (QED) is 0.662. The molecule has 1 amide bonds. The van der Waals surface area contributed by atoms with Crippen molar-refractivity contribution in [3.8, 4) is 0 Å². The molecule has 0 aromatic carbocycles. The Bertz CT molecular complexity index is 229. The second kappa shape index (κ2) is 4.47. The van der Waals surface area contributed by atoms with Crippen LogP contribution < -0.4 is 11.2 Å². The van der Waals surface area contributed by atoms with Gasteiger partial charge in [-0.2, -0.15) is 0 Å². The van der Waals surface area contributed by atoms with Crippen LogP contribution in [-0.4, -0.2) is 43.8 Å². The van der Waals surface area contributed by atoms with Crippen LogP contribution >= 0.6 is 0 Å². The maximum absolute atomic E-state index is 12.0. The number of amides is 1. The van der Waals surface area contributed by atoms with Crippen molar-refractivity contribution in [1.82, 2.24) is 10.4 Å². The van der Waals surface area contributed by atoms with Crippen molar-refractivity contribution in [2.75, 3.05) is 32.8 Å². The van der Waals surface area contributed by atoms with Gasteiger partial charge in [-0.1, -0.05) is 6.42 Å². The smallest absolute Gasteiger partial charge is 0.241 e. The molecule has 0 atom stereocenters. The van der Waals surface area contributed by atoms with E-state index in [1.165, 1.54) is 0 Å². The van der Waals surface area contributed by atoms with E-state index in [4.69, 9.17) is 10.5 Å². The van der Waals surface area contributed by atoms with E-state index in [1.807, 2.05) is 5.01 Å². The van der Waals surface area contributed by atoms with Crippen LogP contribution in [0.1, 0.15) is 19.3 Å². The van der Waals surface area contributed by atoms with Crippen LogP contribution in [0.3, 0.4) is 0 Å². The molecule has 5 heteroatoms. The summed E-state index contributed by atoms with van der Waals surface area (Å²) in [6.45, 7) is 3.38. The summed E-state index contributed by atoms with van der Waals surface area (Å²) in [5.41, 5.74) is 8.34. The molecule has 2 fully saturated rings. The minimum absolute atomic E-state index is 0.0955. The van der Waals surface area contributed by atoms with E-state index in [0.717, 1.165) is 32.4 Å². The maximum Gasteiger partial charge on any atom is 0.241 e. The molecule has 2 rings (SSSR count). The van der Waals surface area contributed by atoms with Crippen molar-refractivity contribution in [1.29, 1.82) is 0 Å². The summed E-state index contributed by atoms with van der Waals surface area (Å²) in [6, 6.07) is 0. The minimum Gasteiger partial charge on any atom is -0.379 e. The van der Waals surface area contributed by atoms with Crippen LogP contribution in [0, 0.1) is 5.41 Å². The molecule has 0 aromatic rings. The number of hydrogen-bond acceptors (Lipinski definition) is 4. The number of hydrogen-bond donors (Lipinski definition) is 2. The Kier molecular flexibility index (Phi) is 3.23. The highest BCUT2D eigenvalue weighted by molar-refractivity contribution is 5.83. The topological polar surface area (TPSA) is 67.6 Å². The van der Waals surface area contributed by atoms with E-state index in [0.29, 0.717) is 19.8 Å². The molecule has 1 saturated carbocycles. The first-order chi connectivity index (χ1) is 7.27. The van der Waals surface area contributed by atoms with Gasteiger partial charge in [0.2, 0.25) is 5.91 Å². The Hall–Kier alpha value is -0.650. The summed E-state index contributed by atoms with van der Waals surface area (Å²) >= 11 is 0. The standard InChI is InChI=1S/C10H19N3O2/c11-8-10(2-1-3-10)9(14)12-13-4-6-15-7-5-13/h1-8,11H2,(H,12,14). The Balaban J connectivity index is 1.85. The van der Waals surface area contributed by atoms with E-state index < -0.39 is 0 Å². The monoisotopic (exact) mass is 213 g/mol. The molecule has 0 aromatic heterocycles. The van der Waals surface area contributed by atoms with Gasteiger partial charge in [0.05, 0.1) is 18.6 Å². The van der Waals surface area contributed by atoms with Crippen LogP contribution in [0.5, 0.6) is 0 Å². The Morgan fingerprint density at radius 1 is 1.40 bits per heavy atom. The van der Waals surface area contributed by atoms with Crippen molar-refractivity contribution in [3.63, 3.8) is 0 Å². The minimum atomic E-state index is -0.279. The van der Waals surface area contributed by atoms with Gasteiger partial charge >= 0.3 is 0 Å². The first-order valence-electron chi connectivity index (χ1n) is 5.61. The lowest BCUT2D eigenvalue weighted by molar-refractivity contribution is -0.142. The normalized spacial score (nSPS) is 25.7. The molecule has 3 N–H and O–H groups in total. The second-order valence-electron chi connectivity index (χ2n) is 4.38. The molecular weight excluding hydrogens is 194 g/mol. The number of nitrogens with two attached hydrogens (primary N) is 1. The van der Waals surface area contributed by atoms with Crippen molar-refractivity contribution >= 4 is 5.91 Å². The first-order valence-corrected chi connectivity index (χ1v) is 5.61. The highest BCUT2D eigenvalue weighted by Gasteiger charge is 2.43.